The van der Waals surface area contributed by atoms with Gasteiger partial charge in [-0.05, 0) is 25.8 Å². The Balaban J connectivity index is 0.000000791. The Bertz CT molecular complexity index is 166. The molecule has 1 rings (SSSR count). The van der Waals surface area contributed by atoms with Crippen molar-refractivity contribution in [2.24, 2.45) is 5.92 Å². The molecule has 2 atom stereocenters. The van der Waals surface area contributed by atoms with Crippen LogP contribution >= 0.6 is 0 Å². The van der Waals surface area contributed by atoms with Gasteiger partial charge >= 0.3 is 0 Å². The lowest BCUT2D eigenvalue weighted by Gasteiger charge is -2.24. The van der Waals surface area contributed by atoms with E-state index in [1.165, 1.54) is 0 Å². The number of carbonyl (C=O) groups excluding carboxylic acids is 1. The molecule has 0 heterocycles. The fraction of sp³-hybridized carbons (Fsp3) is 0.750. The third kappa shape index (κ3) is 4.56. The summed E-state index contributed by atoms with van der Waals surface area (Å²) in [6.45, 7) is 7.16. The van der Waals surface area contributed by atoms with Crippen LogP contribution in [0.4, 0.5) is 0 Å². The molecule has 0 radical (unpaired) electrons. The summed E-state index contributed by atoms with van der Waals surface area (Å²) in [6, 6.07) is 0.382. The molecule has 2 nitrogen and oxygen atoms in total. The zero-order valence-corrected chi connectivity index (χ0v) is 9.62. The van der Waals surface area contributed by atoms with E-state index in [9.17, 15) is 4.79 Å². The van der Waals surface area contributed by atoms with Crippen LogP contribution in [0.5, 0.6) is 0 Å². The molecule has 1 N–H and O–H groups in total. The fourth-order valence-corrected chi connectivity index (χ4v) is 1.55. The van der Waals surface area contributed by atoms with E-state index in [4.69, 9.17) is 0 Å². The molecule has 0 aromatic carbocycles. The summed E-state index contributed by atoms with van der Waals surface area (Å²) in [5.41, 5.74) is 0. The van der Waals surface area contributed by atoms with Crippen LogP contribution in [0.2, 0.25) is 0 Å². The van der Waals surface area contributed by atoms with Gasteiger partial charge < -0.3 is 10.1 Å². The molecule has 1 aliphatic carbocycles. The molecule has 0 bridgehead atoms. The predicted molar refractivity (Wildman–Crippen MR) is 61.4 cm³/mol. The first kappa shape index (κ1) is 13.4. The molecule has 0 amide bonds. The summed E-state index contributed by atoms with van der Waals surface area (Å²) < 4.78 is 0. The molecule has 0 spiro atoms. The molecule has 0 saturated heterocycles. The van der Waals surface area contributed by atoms with Crippen molar-refractivity contribution in [1.29, 1.82) is 0 Å². The zero-order chi connectivity index (χ0) is 10.8. The molecule has 0 fully saturated rings. The van der Waals surface area contributed by atoms with Gasteiger partial charge in [-0.15, -0.1) is 0 Å². The van der Waals surface area contributed by atoms with Crippen molar-refractivity contribution in [1.82, 2.24) is 5.32 Å². The number of aldehydes is 1. The summed E-state index contributed by atoms with van der Waals surface area (Å²) in [4.78, 5) is 10.7. The van der Waals surface area contributed by atoms with Gasteiger partial charge in [0.1, 0.15) is 6.29 Å². The zero-order valence-electron chi connectivity index (χ0n) is 9.62. The SMILES string of the molecule is CC.CCCNC1CC=CCC1C=O. The second kappa shape index (κ2) is 8.95. The Hall–Kier alpha value is -0.630. The van der Waals surface area contributed by atoms with Crippen molar-refractivity contribution in [3.05, 3.63) is 12.2 Å². The lowest BCUT2D eigenvalue weighted by molar-refractivity contribution is -0.111. The predicted octanol–water partition coefficient (Wildman–Crippen LogP) is 2.55. The van der Waals surface area contributed by atoms with Gasteiger partial charge in [0.05, 0.1) is 0 Å². The quantitative estimate of drug-likeness (QED) is 0.554. The average molecular weight is 197 g/mol. The van der Waals surface area contributed by atoms with Crippen molar-refractivity contribution < 1.29 is 4.79 Å². The molecular formula is C12H23NO. The maximum absolute atomic E-state index is 10.7. The second-order valence-corrected chi connectivity index (χ2v) is 3.30. The molecule has 14 heavy (non-hydrogen) atoms. The van der Waals surface area contributed by atoms with Crippen molar-refractivity contribution in [3.8, 4) is 0 Å². The highest BCUT2D eigenvalue weighted by atomic mass is 16.1. The van der Waals surface area contributed by atoms with E-state index in [2.05, 4.69) is 24.4 Å². The molecule has 82 valence electrons. The van der Waals surface area contributed by atoms with Gasteiger partial charge in [-0.2, -0.15) is 0 Å². The summed E-state index contributed by atoms with van der Waals surface area (Å²) in [6.07, 6.45) is 8.38. The minimum absolute atomic E-state index is 0.196. The third-order valence-corrected chi connectivity index (χ3v) is 2.31. The van der Waals surface area contributed by atoms with E-state index >= 15 is 0 Å². The highest BCUT2D eigenvalue weighted by molar-refractivity contribution is 5.55. The molecular weight excluding hydrogens is 174 g/mol. The lowest BCUT2D eigenvalue weighted by Crippen LogP contribution is -2.38. The smallest absolute Gasteiger partial charge is 0.124 e. The van der Waals surface area contributed by atoms with Crippen LogP contribution in [0.1, 0.15) is 40.0 Å². The second-order valence-electron chi connectivity index (χ2n) is 3.30. The van der Waals surface area contributed by atoms with Gasteiger partial charge in [0.2, 0.25) is 0 Å². The number of nitrogens with one attached hydrogen (secondary N) is 1. The van der Waals surface area contributed by atoms with Crippen LogP contribution in [-0.4, -0.2) is 18.9 Å². The van der Waals surface area contributed by atoms with E-state index in [1.54, 1.807) is 0 Å². The van der Waals surface area contributed by atoms with E-state index in [1.807, 2.05) is 13.8 Å². The topological polar surface area (TPSA) is 29.1 Å². The summed E-state index contributed by atoms with van der Waals surface area (Å²) in [5, 5.41) is 3.39. The highest BCUT2D eigenvalue weighted by Crippen LogP contribution is 2.16. The van der Waals surface area contributed by atoms with Crippen molar-refractivity contribution in [2.75, 3.05) is 6.54 Å². The largest absolute Gasteiger partial charge is 0.313 e. The Kier molecular flexibility index (Phi) is 8.54. The molecule has 1 aliphatic rings. The molecule has 2 heteroatoms. The van der Waals surface area contributed by atoms with Crippen LogP contribution in [0.3, 0.4) is 0 Å². The number of carbonyl (C=O) groups is 1. The van der Waals surface area contributed by atoms with Crippen molar-refractivity contribution >= 4 is 6.29 Å². The first-order valence-electron chi connectivity index (χ1n) is 5.72. The minimum atomic E-state index is 0.196. The molecule has 2 unspecified atom stereocenters. The van der Waals surface area contributed by atoms with E-state index < -0.39 is 0 Å². The van der Waals surface area contributed by atoms with Gasteiger partial charge in [-0.3, -0.25) is 0 Å². The highest BCUT2D eigenvalue weighted by Gasteiger charge is 2.20. The Morgan fingerprint density at radius 1 is 1.36 bits per heavy atom. The lowest BCUT2D eigenvalue weighted by atomic mass is 9.90. The van der Waals surface area contributed by atoms with Gasteiger partial charge in [-0.25, -0.2) is 0 Å². The van der Waals surface area contributed by atoms with E-state index in [0.29, 0.717) is 6.04 Å². The number of hydrogen-bond acceptors (Lipinski definition) is 2. The minimum Gasteiger partial charge on any atom is -0.313 e. The van der Waals surface area contributed by atoms with Gasteiger partial charge in [0.25, 0.3) is 0 Å². The fourth-order valence-electron chi connectivity index (χ4n) is 1.55. The van der Waals surface area contributed by atoms with E-state index in [-0.39, 0.29) is 5.92 Å². The molecule has 0 aromatic heterocycles. The van der Waals surface area contributed by atoms with Crippen molar-refractivity contribution in [2.45, 2.75) is 46.1 Å². The summed E-state index contributed by atoms with van der Waals surface area (Å²) in [7, 11) is 0. The first-order chi connectivity index (χ1) is 6.88. The summed E-state index contributed by atoms with van der Waals surface area (Å²) in [5.74, 6) is 0.196. The summed E-state index contributed by atoms with van der Waals surface area (Å²) >= 11 is 0. The standard InChI is InChI=1S/C10H17NO.C2H6/c1-2-7-11-10-6-4-3-5-9(10)8-12;1-2/h3-4,8-11H,2,5-7H2,1H3;1-2H3. The van der Waals surface area contributed by atoms with Crippen LogP contribution in [0.25, 0.3) is 0 Å². The van der Waals surface area contributed by atoms with E-state index in [0.717, 1.165) is 32.1 Å². The van der Waals surface area contributed by atoms with Gasteiger partial charge in [-0.1, -0.05) is 32.9 Å². The maximum Gasteiger partial charge on any atom is 0.124 e. The Labute approximate surface area is 87.8 Å². The molecule has 0 aliphatic heterocycles. The molecule has 0 saturated carbocycles. The average Bonchev–Trinajstić information content (AvgIpc) is 2.29. The Morgan fingerprint density at radius 3 is 2.57 bits per heavy atom. The number of hydrogen-bond donors (Lipinski definition) is 1. The third-order valence-electron chi connectivity index (χ3n) is 2.31. The molecule has 0 aromatic rings. The van der Waals surface area contributed by atoms with Crippen LogP contribution in [-0.2, 0) is 4.79 Å². The van der Waals surface area contributed by atoms with Crippen LogP contribution < -0.4 is 5.32 Å². The van der Waals surface area contributed by atoms with Gasteiger partial charge in [0, 0.05) is 12.0 Å². The van der Waals surface area contributed by atoms with Crippen molar-refractivity contribution in [3.63, 3.8) is 0 Å². The Morgan fingerprint density at radius 2 is 2.00 bits per heavy atom. The monoisotopic (exact) mass is 197 g/mol. The maximum atomic E-state index is 10.7. The van der Waals surface area contributed by atoms with Gasteiger partial charge in [0.15, 0.2) is 0 Å². The van der Waals surface area contributed by atoms with Crippen LogP contribution in [0, 0.1) is 5.92 Å². The van der Waals surface area contributed by atoms with Crippen LogP contribution in [0.15, 0.2) is 12.2 Å². The first-order valence-corrected chi connectivity index (χ1v) is 5.72. The number of rotatable bonds is 4. The normalized spacial score (nSPS) is 25.1. The number of allylic oxidation sites excluding steroid dienone is 1.